The van der Waals surface area contributed by atoms with E-state index in [0.717, 1.165) is 6.92 Å². The van der Waals surface area contributed by atoms with Crippen molar-refractivity contribution in [3.63, 3.8) is 0 Å². The molecule has 0 saturated heterocycles. The molecule has 1 unspecified atom stereocenters. The molecule has 3 nitrogen and oxygen atoms in total. The lowest BCUT2D eigenvalue weighted by Gasteiger charge is -2.10. The lowest BCUT2D eigenvalue weighted by molar-refractivity contribution is 0.116. The van der Waals surface area contributed by atoms with Crippen LogP contribution in [0.15, 0.2) is 0 Å². The van der Waals surface area contributed by atoms with Gasteiger partial charge in [-0.2, -0.15) is 0 Å². The van der Waals surface area contributed by atoms with Gasteiger partial charge in [-0.3, -0.25) is 0 Å². The van der Waals surface area contributed by atoms with E-state index in [1.165, 1.54) is 0 Å². The highest BCUT2D eigenvalue weighted by molar-refractivity contribution is 9.10. The monoisotopic (exact) mass is 251 g/mol. The molecule has 0 saturated carbocycles. The summed E-state index contributed by atoms with van der Waals surface area (Å²) in [6.07, 6.45) is -2.68. The highest BCUT2D eigenvalue weighted by Gasteiger charge is 2.19. The van der Waals surface area contributed by atoms with E-state index in [1.807, 2.05) is 0 Å². The number of nitrogens with one attached hydrogen (secondary N) is 1. The Morgan fingerprint density at radius 2 is 2.00 bits per heavy atom. The second-order valence-electron chi connectivity index (χ2n) is 1.96. The van der Waals surface area contributed by atoms with Gasteiger partial charge in [0.25, 0.3) is 6.43 Å². The van der Waals surface area contributed by atoms with Crippen LogP contribution < -0.4 is 4.72 Å². The van der Waals surface area contributed by atoms with Gasteiger partial charge in [0.1, 0.15) is 4.66 Å². The standard InChI is InChI=1S/C4H8BrF2NO2S/c1-3(4(6)7)8-11(9,10)2-5/h3-4,8H,2H2,1H3. The summed E-state index contributed by atoms with van der Waals surface area (Å²) in [5, 5.41) is 0. The molecule has 0 bridgehead atoms. The normalized spacial score (nSPS) is 15.4. The molecule has 0 aromatic carbocycles. The SMILES string of the molecule is CC(NS(=O)(=O)CBr)C(F)F. The number of sulfonamides is 1. The fourth-order valence-corrected chi connectivity index (χ4v) is 1.49. The van der Waals surface area contributed by atoms with Crippen molar-refractivity contribution < 1.29 is 17.2 Å². The molecular formula is C4H8BrF2NO2S. The zero-order chi connectivity index (χ0) is 9.07. The molecule has 0 spiro atoms. The van der Waals surface area contributed by atoms with Crippen LogP contribution in [0.25, 0.3) is 0 Å². The van der Waals surface area contributed by atoms with Gasteiger partial charge in [0.2, 0.25) is 10.0 Å². The smallest absolute Gasteiger partial charge is 0.212 e. The summed E-state index contributed by atoms with van der Waals surface area (Å²) >= 11 is 2.65. The first-order chi connectivity index (χ1) is 4.89. The molecule has 1 N–H and O–H groups in total. The molecule has 11 heavy (non-hydrogen) atoms. The van der Waals surface area contributed by atoms with E-state index in [2.05, 4.69) is 15.9 Å². The van der Waals surface area contributed by atoms with Crippen molar-refractivity contribution in [2.75, 3.05) is 4.66 Å². The lowest BCUT2D eigenvalue weighted by Crippen LogP contribution is -2.37. The molecule has 0 aliphatic heterocycles. The number of alkyl halides is 3. The van der Waals surface area contributed by atoms with Crippen LogP contribution in [0, 0.1) is 0 Å². The average molecular weight is 252 g/mol. The van der Waals surface area contributed by atoms with E-state index in [9.17, 15) is 17.2 Å². The third-order valence-corrected chi connectivity index (χ3v) is 3.71. The van der Waals surface area contributed by atoms with Gasteiger partial charge in [0.15, 0.2) is 0 Å². The van der Waals surface area contributed by atoms with Crippen molar-refractivity contribution in [2.45, 2.75) is 19.4 Å². The number of hydrogen-bond donors (Lipinski definition) is 1. The Bertz CT molecular complexity index is 206. The van der Waals surface area contributed by atoms with Crippen molar-refractivity contribution in [1.82, 2.24) is 4.72 Å². The maximum Gasteiger partial charge on any atom is 0.254 e. The van der Waals surface area contributed by atoms with Gasteiger partial charge in [-0.15, -0.1) is 0 Å². The summed E-state index contributed by atoms with van der Waals surface area (Å²) in [5.41, 5.74) is 0. The number of rotatable bonds is 4. The summed E-state index contributed by atoms with van der Waals surface area (Å²) in [6, 6.07) is -1.34. The fraction of sp³-hybridized carbons (Fsp3) is 1.00. The predicted octanol–water partition coefficient (Wildman–Crippen LogP) is 0.912. The molecule has 0 aliphatic rings. The molecule has 1 atom stereocenters. The quantitative estimate of drug-likeness (QED) is 0.756. The maximum atomic E-state index is 11.8. The van der Waals surface area contributed by atoms with E-state index in [0.29, 0.717) is 0 Å². The van der Waals surface area contributed by atoms with Crippen molar-refractivity contribution in [1.29, 1.82) is 0 Å². The largest absolute Gasteiger partial charge is 0.254 e. The first kappa shape index (κ1) is 11.2. The van der Waals surface area contributed by atoms with Crippen LogP contribution in [-0.4, -0.2) is 25.5 Å². The molecule has 0 aromatic heterocycles. The van der Waals surface area contributed by atoms with E-state index in [1.54, 1.807) is 4.72 Å². The predicted molar refractivity (Wildman–Crippen MR) is 41.3 cm³/mol. The van der Waals surface area contributed by atoms with Gasteiger partial charge in [0.05, 0.1) is 6.04 Å². The van der Waals surface area contributed by atoms with Gasteiger partial charge >= 0.3 is 0 Å². The minimum atomic E-state index is -3.58. The van der Waals surface area contributed by atoms with E-state index in [-0.39, 0.29) is 4.66 Å². The molecular weight excluding hydrogens is 244 g/mol. The van der Waals surface area contributed by atoms with Crippen molar-refractivity contribution in [3.05, 3.63) is 0 Å². The van der Waals surface area contributed by atoms with Crippen LogP contribution in [0.1, 0.15) is 6.92 Å². The summed E-state index contributed by atoms with van der Waals surface area (Å²) in [5.74, 6) is 0. The summed E-state index contributed by atoms with van der Waals surface area (Å²) in [4.78, 5) is 0. The highest BCUT2D eigenvalue weighted by atomic mass is 79.9. The fourth-order valence-electron chi connectivity index (χ4n) is 0.366. The Morgan fingerprint density at radius 1 is 1.55 bits per heavy atom. The third kappa shape index (κ3) is 4.65. The van der Waals surface area contributed by atoms with Gasteiger partial charge < -0.3 is 0 Å². The van der Waals surface area contributed by atoms with Gasteiger partial charge in [-0.05, 0) is 6.92 Å². The number of hydrogen-bond acceptors (Lipinski definition) is 2. The van der Waals surface area contributed by atoms with Gasteiger partial charge in [-0.1, -0.05) is 15.9 Å². The molecule has 0 amide bonds. The summed E-state index contributed by atoms with van der Waals surface area (Å²) in [6.45, 7) is 1.10. The molecule has 7 heteroatoms. The summed E-state index contributed by atoms with van der Waals surface area (Å²) < 4.78 is 46.2. The van der Waals surface area contributed by atoms with Gasteiger partial charge in [-0.25, -0.2) is 21.9 Å². The Labute approximate surface area is 72.3 Å². The average Bonchev–Trinajstić information content (AvgIpc) is 1.87. The molecule has 0 aliphatic carbocycles. The zero-order valence-corrected chi connectivity index (χ0v) is 8.12. The van der Waals surface area contributed by atoms with Crippen molar-refractivity contribution >= 4 is 26.0 Å². The summed E-state index contributed by atoms with van der Waals surface area (Å²) in [7, 11) is -3.58. The van der Waals surface area contributed by atoms with Crippen molar-refractivity contribution in [3.8, 4) is 0 Å². The van der Waals surface area contributed by atoms with Crippen LogP contribution in [0.5, 0.6) is 0 Å². The molecule has 0 aromatic rings. The molecule has 0 fully saturated rings. The Balaban J connectivity index is 4.05. The first-order valence-corrected chi connectivity index (χ1v) is 5.50. The topological polar surface area (TPSA) is 46.2 Å². The molecule has 0 rings (SSSR count). The van der Waals surface area contributed by atoms with E-state index >= 15 is 0 Å². The second-order valence-corrected chi connectivity index (χ2v) is 5.02. The Hall–Kier alpha value is 0.250. The molecule has 68 valence electrons. The minimum absolute atomic E-state index is 0.364. The first-order valence-electron chi connectivity index (χ1n) is 2.73. The van der Waals surface area contributed by atoms with Crippen LogP contribution >= 0.6 is 15.9 Å². The van der Waals surface area contributed by atoms with E-state index in [4.69, 9.17) is 0 Å². The maximum absolute atomic E-state index is 11.8. The van der Waals surface area contributed by atoms with Gasteiger partial charge in [0, 0.05) is 0 Å². The third-order valence-electron chi connectivity index (χ3n) is 0.887. The second kappa shape index (κ2) is 4.32. The Morgan fingerprint density at radius 3 is 2.27 bits per heavy atom. The van der Waals surface area contributed by atoms with Crippen LogP contribution in [0.3, 0.4) is 0 Å². The number of halogens is 3. The van der Waals surface area contributed by atoms with Crippen molar-refractivity contribution in [2.24, 2.45) is 0 Å². The lowest BCUT2D eigenvalue weighted by atomic mass is 10.4. The highest BCUT2D eigenvalue weighted by Crippen LogP contribution is 2.02. The Kier molecular flexibility index (Phi) is 4.42. The van der Waals surface area contributed by atoms with Crippen LogP contribution in [-0.2, 0) is 10.0 Å². The minimum Gasteiger partial charge on any atom is -0.212 e. The molecule has 0 heterocycles. The van der Waals surface area contributed by atoms with E-state index < -0.39 is 22.5 Å². The van der Waals surface area contributed by atoms with Crippen LogP contribution in [0.2, 0.25) is 0 Å². The molecule has 0 radical (unpaired) electrons. The zero-order valence-electron chi connectivity index (χ0n) is 5.72. The van der Waals surface area contributed by atoms with Crippen LogP contribution in [0.4, 0.5) is 8.78 Å².